The van der Waals surface area contributed by atoms with Crippen LogP contribution >= 0.6 is 12.4 Å². The molecule has 1 aromatic carbocycles. The third kappa shape index (κ3) is 6.97. The van der Waals surface area contributed by atoms with E-state index in [2.05, 4.69) is 39.0 Å². The van der Waals surface area contributed by atoms with Crippen LogP contribution in [-0.2, 0) is 9.47 Å². The summed E-state index contributed by atoms with van der Waals surface area (Å²) in [5.41, 5.74) is 6.65. The molecule has 0 aromatic heterocycles. The normalized spacial score (nSPS) is 25.4. The van der Waals surface area contributed by atoms with Crippen molar-refractivity contribution in [3.8, 4) is 0 Å². The van der Waals surface area contributed by atoms with Crippen LogP contribution in [0.4, 0.5) is 11.4 Å². The Morgan fingerprint density at radius 3 is 2.28 bits per heavy atom. The van der Waals surface area contributed by atoms with Crippen molar-refractivity contribution in [1.82, 2.24) is 4.90 Å². The molecule has 6 heteroatoms. The van der Waals surface area contributed by atoms with Crippen molar-refractivity contribution >= 4 is 29.4 Å². The lowest BCUT2D eigenvalue weighted by Crippen LogP contribution is -2.48. The van der Waals surface area contributed by atoms with Crippen LogP contribution in [0.2, 0.25) is 0 Å². The molecule has 4 fully saturated rings. The maximum atomic E-state index is 5.65. The van der Waals surface area contributed by atoms with Gasteiger partial charge in [0.15, 0.2) is 0 Å². The van der Waals surface area contributed by atoms with Crippen LogP contribution in [0.25, 0.3) is 5.57 Å². The van der Waals surface area contributed by atoms with Gasteiger partial charge in [-0.2, -0.15) is 0 Å². The molecule has 2 aliphatic carbocycles. The summed E-state index contributed by atoms with van der Waals surface area (Å²) in [7, 11) is 1.87. The number of rotatable bonds is 6. The van der Waals surface area contributed by atoms with Gasteiger partial charge in [-0.25, -0.2) is 0 Å². The van der Waals surface area contributed by atoms with E-state index in [0.717, 1.165) is 58.2 Å². The predicted octanol–water partition coefficient (Wildman–Crippen LogP) is 6.79. The molecule has 3 aliphatic heterocycles. The SMILES string of the molecule is COC1CCN(c2ccc(N3CCN(CC4CCOCC4)CC3)c(C3=CCC4(CCCCC4)CC3)c2)CC1.Cl. The second-order valence-corrected chi connectivity index (χ2v) is 13.0. The number of benzene rings is 1. The smallest absolute Gasteiger partial charge is 0.0605 e. The molecule has 1 aromatic rings. The molecule has 0 amide bonds. The minimum atomic E-state index is 0. The first kappa shape index (κ1) is 29.2. The standard InChI is InChI=1S/C33H51N3O2.ClH/c1-37-30-9-17-35(18-10-30)29-5-6-32(36-21-19-34(20-22-36)26-27-11-23-38-24-12-27)31(25-29)28-7-15-33(16-8-28)13-3-2-4-14-33;/h5-7,25,27,30H,2-4,8-24,26H2,1H3;1H. The lowest BCUT2D eigenvalue weighted by Gasteiger charge is -2.42. The fourth-order valence-corrected chi connectivity index (χ4v) is 8.01. The summed E-state index contributed by atoms with van der Waals surface area (Å²) in [4.78, 5) is 8.01. The molecular formula is C33H52ClN3O2. The Hall–Kier alpha value is -1.27. The van der Waals surface area contributed by atoms with Crippen molar-refractivity contribution in [3.63, 3.8) is 0 Å². The lowest BCUT2D eigenvalue weighted by molar-refractivity contribution is 0.0517. The van der Waals surface area contributed by atoms with E-state index >= 15 is 0 Å². The van der Waals surface area contributed by atoms with Gasteiger partial charge in [0.2, 0.25) is 0 Å². The molecule has 3 saturated heterocycles. The number of piperazine rings is 1. The molecule has 0 atom stereocenters. The number of piperidine rings is 1. The van der Waals surface area contributed by atoms with Gasteiger partial charge in [0, 0.05) is 83.1 Å². The number of halogens is 1. The van der Waals surface area contributed by atoms with E-state index in [1.165, 1.54) is 101 Å². The highest BCUT2D eigenvalue weighted by molar-refractivity contribution is 5.85. The van der Waals surface area contributed by atoms with E-state index in [0.29, 0.717) is 11.5 Å². The second kappa shape index (κ2) is 13.6. The zero-order chi connectivity index (χ0) is 25.8. The van der Waals surface area contributed by atoms with Crippen molar-refractivity contribution in [2.45, 2.75) is 83.2 Å². The summed E-state index contributed by atoms with van der Waals surface area (Å²) in [5, 5.41) is 0. The highest BCUT2D eigenvalue weighted by Crippen LogP contribution is 2.49. The van der Waals surface area contributed by atoms with Gasteiger partial charge in [-0.05, 0) is 92.9 Å². The third-order valence-electron chi connectivity index (χ3n) is 10.7. The minimum absolute atomic E-state index is 0. The molecule has 5 nitrogen and oxygen atoms in total. The number of methoxy groups -OCH3 is 1. The average Bonchev–Trinajstić information content (AvgIpc) is 2.99. The fourth-order valence-electron chi connectivity index (χ4n) is 8.01. The largest absolute Gasteiger partial charge is 0.381 e. The molecule has 0 bridgehead atoms. The number of hydrogen-bond acceptors (Lipinski definition) is 5. The van der Waals surface area contributed by atoms with Crippen LogP contribution in [0.1, 0.15) is 82.6 Å². The predicted molar refractivity (Wildman–Crippen MR) is 165 cm³/mol. The Morgan fingerprint density at radius 1 is 0.872 bits per heavy atom. The van der Waals surface area contributed by atoms with Gasteiger partial charge in [-0.3, -0.25) is 4.90 Å². The first-order chi connectivity index (χ1) is 18.7. The number of anilines is 2. The van der Waals surface area contributed by atoms with Crippen LogP contribution in [0.3, 0.4) is 0 Å². The Bertz CT molecular complexity index is 940. The summed E-state index contributed by atoms with van der Waals surface area (Å²) in [6.45, 7) is 10.0. The molecule has 0 N–H and O–H groups in total. The van der Waals surface area contributed by atoms with E-state index in [1.807, 2.05) is 7.11 Å². The summed E-state index contributed by atoms with van der Waals surface area (Å²) in [6.07, 6.45) is 19.0. The Kier molecular flexibility index (Phi) is 10.2. The van der Waals surface area contributed by atoms with Gasteiger partial charge in [-0.1, -0.05) is 25.3 Å². The van der Waals surface area contributed by atoms with Crippen molar-refractivity contribution in [2.75, 3.05) is 75.9 Å². The monoisotopic (exact) mass is 557 g/mol. The molecular weight excluding hydrogens is 506 g/mol. The summed E-state index contributed by atoms with van der Waals surface area (Å²) in [5.74, 6) is 0.826. The molecule has 6 rings (SSSR count). The first-order valence-corrected chi connectivity index (χ1v) is 15.9. The van der Waals surface area contributed by atoms with Crippen molar-refractivity contribution in [1.29, 1.82) is 0 Å². The lowest BCUT2D eigenvalue weighted by atomic mass is 9.65. The van der Waals surface area contributed by atoms with Crippen LogP contribution in [-0.4, -0.2) is 77.1 Å². The highest BCUT2D eigenvalue weighted by atomic mass is 35.5. The third-order valence-corrected chi connectivity index (χ3v) is 10.7. The van der Waals surface area contributed by atoms with Gasteiger partial charge in [-0.15, -0.1) is 12.4 Å². The molecule has 39 heavy (non-hydrogen) atoms. The van der Waals surface area contributed by atoms with Gasteiger partial charge in [0.05, 0.1) is 6.10 Å². The van der Waals surface area contributed by atoms with Crippen molar-refractivity contribution < 1.29 is 9.47 Å². The maximum Gasteiger partial charge on any atom is 0.0605 e. The van der Waals surface area contributed by atoms with Crippen molar-refractivity contribution in [2.24, 2.45) is 11.3 Å². The first-order valence-electron chi connectivity index (χ1n) is 15.9. The number of allylic oxidation sites excluding steroid dienone is 2. The minimum Gasteiger partial charge on any atom is -0.381 e. The number of hydrogen-bond donors (Lipinski definition) is 0. The molecule has 0 unspecified atom stereocenters. The summed E-state index contributed by atoms with van der Waals surface area (Å²) in [6, 6.07) is 7.43. The summed E-state index contributed by atoms with van der Waals surface area (Å²) >= 11 is 0. The highest BCUT2D eigenvalue weighted by Gasteiger charge is 2.34. The van der Waals surface area contributed by atoms with Crippen molar-refractivity contribution in [3.05, 3.63) is 29.8 Å². The number of nitrogens with zero attached hydrogens (tertiary/aromatic N) is 3. The summed E-state index contributed by atoms with van der Waals surface area (Å²) < 4.78 is 11.2. The van der Waals surface area contributed by atoms with E-state index in [-0.39, 0.29) is 12.4 Å². The quantitative estimate of drug-likeness (QED) is 0.384. The fraction of sp³-hybridized carbons (Fsp3) is 0.758. The van der Waals surface area contributed by atoms with E-state index in [1.54, 1.807) is 5.57 Å². The van der Waals surface area contributed by atoms with Crippen LogP contribution in [0, 0.1) is 11.3 Å². The topological polar surface area (TPSA) is 28.2 Å². The molecule has 1 spiro atoms. The zero-order valence-corrected chi connectivity index (χ0v) is 25.2. The Balaban J connectivity index is 0.00000308. The molecule has 218 valence electrons. The second-order valence-electron chi connectivity index (χ2n) is 13.0. The van der Waals surface area contributed by atoms with E-state index < -0.39 is 0 Å². The average molecular weight is 558 g/mol. The Labute approximate surface area is 243 Å². The number of ether oxygens (including phenoxy) is 2. The van der Waals surface area contributed by atoms with E-state index in [4.69, 9.17) is 9.47 Å². The van der Waals surface area contributed by atoms with Gasteiger partial charge in [0.1, 0.15) is 0 Å². The molecule has 5 aliphatic rings. The van der Waals surface area contributed by atoms with E-state index in [9.17, 15) is 0 Å². The van der Waals surface area contributed by atoms with Gasteiger partial charge < -0.3 is 19.3 Å². The maximum absolute atomic E-state index is 5.65. The molecule has 3 heterocycles. The van der Waals surface area contributed by atoms with Gasteiger partial charge in [0.25, 0.3) is 0 Å². The molecule has 1 saturated carbocycles. The Morgan fingerprint density at radius 2 is 1.62 bits per heavy atom. The molecule has 0 radical (unpaired) electrons. The zero-order valence-electron chi connectivity index (χ0n) is 24.4. The van der Waals surface area contributed by atoms with Crippen LogP contribution in [0.5, 0.6) is 0 Å². The van der Waals surface area contributed by atoms with Crippen LogP contribution < -0.4 is 9.80 Å². The van der Waals surface area contributed by atoms with Crippen LogP contribution in [0.15, 0.2) is 24.3 Å². The van der Waals surface area contributed by atoms with Gasteiger partial charge >= 0.3 is 0 Å².